The molecule has 0 saturated carbocycles. The second kappa shape index (κ2) is 6.35. The van der Waals surface area contributed by atoms with E-state index in [0.717, 1.165) is 37.2 Å². The molecule has 0 radical (unpaired) electrons. The smallest absolute Gasteiger partial charge is 0.130 e. The number of methoxy groups -OCH3 is 1. The Morgan fingerprint density at radius 1 is 1.37 bits per heavy atom. The topological polar surface area (TPSA) is 24.5 Å². The summed E-state index contributed by atoms with van der Waals surface area (Å²) in [6.07, 6.45) is 2.34. The van der Waals surface area contributed by atoms with Crippen LogP contribution < -0.4 is 10.2 Å². The molecule has 0 aliphatic carbocycles. The summed E-state index contributed by atoms with van der Waals surface area (Å²) in [6, 6.07) is 5.35. The van der Waals surface area contributed by atoms with Crippen molar-refractivity contribution in [2.75, 3.05) is 32.1 Å². The van der Waals surface area contributed by atoms with Crippen molar-refractivity contribution in [1.82, 2.24) is 5.32 Å². The molecule has 1 atom stereocenters. The number of ether oxygens (including phenoxy) is 1. The van der Waals surface area contributed by atoms with Crippen LogP contribution in [-0.2, 0) is 4.74 Å². The van der Waals surface area contributed by atoms with Crippen LogP contribution in [0.2, 0.25) is 0 Å². The van der Waals surface area contributed by atoms with Gasteiger partial charge in [-0.2, -0.15) is 0 Å². The minimum absolute atomic E-state index is 0.0105. The SMILES string of the molecule is CNC(C)c1c(F)cccc1N1CCC(OC)CC1. The average molecular weight is 266 g/mol. The summed E-state index contributed by atoms with van der Waals surface area (Å²) in [4.78, 5) is 2.27. The second-order valence-corrected chi connectivity index (χ2v) is 5.11. The van der Waals surface area contributed by atoms with Crippen molar-refractivity contribution in [3.05, 3.63) is 29.6 Å². The highest BCUT2D eigenvalue weighted by molar-refractivity contribution is 5.55. The molecule has 0 bridgehead atoms. The van der Waals surface area contributed by atoms with Crippen LogP contribution in [0.3, 0.4) is 0 Å². The molecule has 3 nitrogen and oxygen atoms in total. The number of anilines is 1. The number of halogens is 1. The third-order valence-corrected chi connectivity index (χ3v) is 4.01. The van der Waals surface area contributed by atoms with Gasteiger partial charge >= 0.3 is 0 Å². The van der Waals surface area contributed by atoms with Crippen molar-refractivity contribution in [2.24, 2.45) is 0 Å². The number of nitrogens with one attached hydrogen (secondary N) is 1. The van der Waals surface area contributed by atoms with Crippen LogP contribution in [0, 0.1) is 5.82 Å². The zero-order valence-electron chi connectivity index (χ0n) is 11.9. The van der Waals surface area contributed by atoms with E-state index in [1.807, 2.05) is 20.0 Å². The van der Waals surface area contributed by atoms with E-state index in [4.69, 9.17) is 4.74 Å². The fraction of sp³-hybridized carbons (Fsp3) is 0.600. The fourth-order valence-corrected chi connectivity index (χ4v) is 2.71. The van der Waals surface area contributed by atoms with Crippen molar-refractivity contribution in [3.63, 3.8) is 0 Å². The fourth-order valence-electron chi connectivity index (χ4n) is 2.71. The van der Waals surface area contributed by atoms with Crippen LogP contribution in [0.4, 0.5) is 10.1 Å². The zero-order valence-corrected chi connectivity index (χ0v) is 11.9. The van der Waals surface area contributed by atoms with Crippen LogP contribution in [0.1, 0.15) is 31.4 Å². The zero-order chi connectivity index (χ0) is 13.8. The molecule has 1 aliphatic rings. The molecule has 1 unspecified atom stereocenters. The van der Waals surface area contributed by atoms with Crippen molar-refractivity contribution in [3.8, 4) is 0 Å². The van der Waals surface area contributed by atoms with E-state index >= 15 is 0 Å². The van der Waals surface area contributed by atoms with Gasteiger partial charge in [0.05, 0.1) is 6.10 Å². The van der Waals surface area contributed by atoms with Crippen LogP contribution in [0.5, 0.6) is 0 Å². The van der Waals surface area contributed by atoms with Gasteiger partial charge in [-0.1, -0.05) is 6.07 Å². The molecule has 1 heterocycles. The minimum atomic E-state index is -0.131. The molecule has 1 aliphatic heterocycles. The molecule has 4 heteroatoms. The molecule has 19 heavy (non-hydrogen) atoms. The average Bonchev–Trinajstić information content (AvgIpc) is 2.46. The van der Waals surface area contributed by atoms with Gasteiger partial charge in [0.15, 0.2) is 0 Å². The highest BCUT2D eigenvalue weighted by Gasteiger charge is 2.23. The molecule has 1 N–H and O–H groups in total. The standard InChI is InChI=1S/C15H23FN2O/c1-11(17-2)15-13(16)5-4-6-14(15)18-9-7-12(19-3)8-10-18/h4-6,11-12,17H,7-10H2,1-3H3. The Labute approximate surface area is 114 Å². The van der Waals surface area contributed by atoms with Gasteiger partial charge in [0.25, 0.3) is 0 Å². The first-order chi connectivity index (χ1) is 9.17. The molecular formula is C15H23FN2O. The van der Waals surface area contributed by atoms with Crippen molar-refractivity contribution in [1.29, 1.82) is 0 Å². The van der Waals surface area contributed by atoms with E-state index in [1.54, 1.807) is 13.2 Å². The lowest BCUT2D eigenvalue weighted by Gasteiger charge is -2.35. The lowest BCUT2D eigenvalue weighted by atomic mass is 10.0. The molecule has 2 rings (SSSR count). The summed E-state index contributed by atoms with van der Waals surface area (Å²) in [5.74, 6) is -0.131. The number of piperidine rings is 1. The maximum Gasteiger partial charge on any atom is 0.130 e. The Bertz CT molecular complexity index is 417. The molecular weight excluding hydrogens is 243 g/mol. The first kappa shape index (κ1) is 14.3. The molecule has 0 aromatic heterocycles. The number of benzene rings is 1. The van der Waals surface area contributed by atoms with Gasteiger partial charge in [0.2, 0.25) is 0 Å². The third-order valence-electron chi connectivity index (χ3n) is 4.01. The molecule has 1 saturated heterocycles. The van der Waals surface area contributed by atoms with Gasteiger partial charge < -0.3 is 15.0 Å². The molecule has 1 aromatic rings. The van der Waals surface area contributed by atoms with E-state index in [9.17, 15) is 4.39 Å². The number of nitrogens with zero attached hydrogens (tertiary/aromatic N) is 1. The Kier molecular flexibility index (Phi) is 4.77. The monoisotopic (exact) mass is 266 g/mol. The van der Waals surface area contributed by atoms with Crippen molar-refractivity contribution >= 4 is 5.69 Å². The van der Waals surface area contributed by atoms with Gasteiger partial charge in [-0.15, -0.1) is 0 Å². The summed E-state index contributed by atoms with van der Waals surface area (Å²) >= 11 is 0. The van der Waals surface area contributed by atoms with Crippen LogP contribution in [0.15, 0.2) is 18.2 Å². The van der Waals surface area contributed by atoms with Gasteiger partial charge in [-0.3, -0.25) is 0 Å². The second-order valence-electron chi connectivity index (χ2n) is 5.11. The third kappa shape index (κ3) is 3.07. The molecule has 1 fully saturated rings. The highest BCUT2D eigenvalue weighted by atomic mass is 19.1. The molecule has 1 aromatic carbocycles. The largest absolute Gasteiger partial charge is 0.381 e. The van der Waals surface area contributed by atoms with Gasteiger partial charge in [0, 0.05) is 37.5 Å². The summed E-state index contributed by atoms with van der Waals surface area (Å²) in [5, 5.41) is 3.13. The van der Waals surface area contributed by atoms with Gasteiger partial charge in [-0.25, -0.2) is 4.39 Å². The Balaban J connectivity index is 2.23. The van der Waals surface area contributed by atoms with Crippen LogP contribution >= 0.6 is 0 Å². The molecule has 106 valence electrons. The first-order valence-corrected chi connectivity index (χ1v) is 6.90. The predicted octanol–water partition coefficient (Wildman–Crippen LogP) is 2.72. The van der Waals surface area contributed by atoms with E-state index in [0.29, 0.717) is 6.10 Å². The number of rotatable bonds is 4. The summed E-state index contributed by atoms with van der Waals surface area (Å²) in [6.45, 7) is 3.83. The van der Waals surface area contributed by atoms with E-state index in [-0.39, 0.29) is 11.9 Å². The number of hydrogen-bond donors (Lipinski definition) is 1. The lowest BCUT2D eigenvalue weighted by Crippen LogP contribution is -2.37. The summed E-state index contributed by atoms with van der Waals surface area (Å²) in [7, 11) is 3.62. The predicted molar refractivity (Wildman–Crippen MR) is 76.1 cm³/mol. The summed E-state index contributed by atoms with van der Waals surface area (Å²) < 4.78 is 19.5. The Hall–Kier alpha value is -1.13. The quantitative estimate of drug-likeness (QED) is 0.907. The van der Waals surface area contributed by atoms with E-state index in [2.05, 4.69) is 10.2 Å². The minimum Gasteiger partial charge on any atom is -0.381 e. The number of hydrogen-bond acceptors (Lipinski definition) is 3. The van der Waals surface area contributed by atoms with Gasteiger partial charge in [-0.05, 0) is 38.9 Å². The maximum atomic E-state index is 14.1. The van der Waals surface area contributed by atoms with Crippen LogP contribution in [0.25, 0.3) is 0 Å². The lowest BCUT2D eigenvalue weighted by molar-refractivity contribution is 0.0819. The maximum absolute atomic E-state index is 14.1. The van der Waals surface area contributed by atoms with E-state index < -0.39 is 0 Å². The summed E-state index contributed by atoms with van der Waals surface area (Å²) in [5.41, 5.74) is 1.78. The van der Waals surface area contributed by atoms with Crippen LogP contribution in [-0.4, -0.2) is 33.4 Å². The van der Waals surface area contributed by atoms with Crippen molar-refractivity contribution in [2.45, 2.75) is 31.9 Å². The molecule has 0 spiro atoms. The Morgan fingerprint density at radius 2 is 2.05 bits per heavy atom. The first-order valence-electron chi connectivity index (χ1n) is 6.90. The normalized spacial score (nSPS) is 18.6. The highest BCUT2D eigenvalue weighted by Crippen LogP contribution is 2.31. The van der Waals surface area contributed by atoms with Gasteiger partial charge in [0.1, 0.15) is 5.82 Å². The van der Waals surface area contributed by atoms with Crippen molar-refractivity contribution < 1.29 is 9.13 Å². The van der Waals surface area contributed by atoms with E-state index in [1.165, 1.54) is 6.07 Å². The Morgan fingerprint density at radius 3 is 2.63 bits per heavy atom. The molecule has 0 amide bonds.